The molecular weight excluding hydrogens is 298 g/mol. The Morgan fingerprint density at radius 3 is 2.70 bits per heavy atom. The largest absolute Gasteiger partial charge is 0.325 e. The molecule has 1 N–H and O–H groups in total. The molecule has 0 aromatic carbocycles. The Hall–Kier alpha value is -3.03. The molecular formula is C15H15N5O3. The maximum Gasteiger partial charge on any atom is 0.325 e. The Kier molecular flexibility index (Phi) is 3.44. The lowest BCUT2D eigenvalue weighted by Crippen LogP contribution is -2.41. The van der Waals surface area contributed by atoms with Crippen LogP contribution in [0.15, 0.2) is 36.8 Å². The first-order chi connectivity index (χ1) is 10.9. The van der Waals surface area contributed by atoms with Crippen LogP contribution in [0.1, 0.15) is 23.0 Å². The molecule has 0 aliphatic carbocycles. The molecule has 1 aliphatic heterocycles. The minimum Gasteiger partial charge on any atom is -0.319 e. The van der Waals surface area contributed by atoms with Crippen LogP contribution in [0.5, 0.6) is 0 Å². The Labute approximate surface area is 132 Å². The van der Waals surface area contributed by atoms with E-state index >= 15 is 0 Å². The van der Waals surface area contributed by atoms with Gasteiger partial charge in [0.15, 0.2) is 0 Å². The average molecular weight is 313 g/mol. The van der Waals surface area contributed by atoms with E-state index in [0.29, 0.717) is 11.3 Å². The van der Waals surface area contributed by atoms with Crippen molar-refractivity contribution in [3.8, 4) is 0 Å². The molecule has 1 aliphatic rings. The van der Waals surface area contributed by atoms with Crippen molar-refractivity contribution in [1.29, 1.82) is 0 Å². The third-order valence-electron chi connectivity index (χ3n) is 3.92. The third kappa shape index (κ3) is 2.37. The summed E-state index contributed by atoms with van der Waals surface area (Å²) in [5.41, 5.74) is -0.327. The molecule has 0 saturated carbocycles. The number of carbonyl (C=O) groups is 3. The monoisotopic (exact) mass is 313 g/mol. The number of hydrogen-bond donors (Lipinski definition) is 1. The summed E-state index contributed by atoms with van der Waals surface area (Å²) in [5, 5.41) is 6.54. The molecule has 2 aromatic rings. The third-order valence-corrected chi connectivity index (χ3v) is 3.92. The number of nitrogens with zero attached hydrogens (tertiary/aromatic N) is 4. The van der Waals surface area contributed by atoms with E-state index in [0.717, 1.165) is 4.90 Å². The fraction of sp³-hybridized carbons (Fsp3) is 0.267. The van der Waals surface area contributed by atoms with Gasteiger partial charge in [0.1, 0.15) is 11.2 Å². The second kappa shape index (κ2) is 5.31. The van der Waals surface area contributed by atoms with Crippen LogP contribution < -0.4 is 5.32 Å². The molecule has 8 heteroatoms. The van der Waals surface area contributed by atoms with Crippen molar-refractivity contribution >= 4 is 17.7 Å². The fourth-order valence-electron chi connectivity index (χ4n) is 2.57. The molecule has 1 atom stereocenters. The molecule has 3 heterocycles. The number of hydrogen-bond acceptors (Lipinski definition) is 5. The Morgan fingerprint density at radius 2 is 2.09 bits per heavy atom. The van der Waals surface area contributed by atoms with E-state index < -0.39 is 17.5 Å². The van der Waals surface area contributed by atoms with Crippen molar-refractivity contribution in [3.63, 3.8) is 0 Å². The van der Waals surface area contributed by atoms with Gasteiger partial charge in [0.25, 0.3) is 5.91 Å². The lowest BCUT2D eigenvalue weighted by atomic mass is 9.93. The van der Waals surface area contributed by atoms with E-state index in [4.69, 9.17) is 0 Å². The van der Waals surface area contributed by atoms with Gasteiger partial charge in [-0.3, -0.25) is 24.2 Å². The van der Waals surface area contributed by atoms with Crippen molar-refractivity contribution in [3.05, 3.63) is 48.0 Å². The molecule has 2 aromatic heterocycles. The highest BCUT2D eigenvalue weighted by Gasteiger charge is 2.49. The molecule has 0 spiro atoms. The molecule has 118 valence electrons. The molecule has 3 rings (SSSR count). The SMILES string of the molecule is Cn1nccc1C(=O)CN1C(=O)NC(C)(c2cccnc2)C1=O. The number of nitrogens with one attached hydrogen (secondary N) is 1. The first kappa shape index (κ1) is 14.9. The zero-order valence-corrected chi connectivity index (χ0v) is 12.7. The number of pyridine rings is 1. The first-order valence-electron chi connectivity index (χ1n) is 6.99. The standard InChI is InChI=1S/C15H15N5O3/c1-15(10-4-3-6-16-8-10)13(22)20(14(23)18-15)9-12(21)11-5-7-17-19(11)2/h3-8H,9H2,1-2H3,(H,18,23). The summed E-state index contributed by atoms with van der Waals surface area (Å²) in [5.74, 6) is -0.838. The van der Waals surface area contributed by atoms with Crippen molar-refractivity contribution in [2.75, 3.05) is 6.54 Å². The van der Waals surface area contributed by atoms with Crippen LogP contribution in [0, 0.1) is 0 Å². The maximum atomic E-state index is 12.7. The predicted molar refractivity (Wildman–Crippen MR) is 79.4 cm³/mol. The number of urea groups is 1. The van der Waals surface area contributed by atoms with E-state index in [1.807, 2.05) is 0 Å². The van der Waals surface area contributed by atoms with Gasteiger partial charge in [-0.05, 0) is 19.1 Å². The minimum absolute atomic E-state index is 0.333. The van der Waals surface area contributed by atoms with Gasteiger partial charge in [-0.1, -0.05) is 6.07 Å². The van der Waals surface area contributed by atoms with Crippen LogP contribution in [0.25, 0.3) is 0 Å². The summed E-state index contributed by atoms with van der Waals surface area (Å²) in [7, 11) is 1.62. The van der Waals surface area contributed by atoms with Gasteiger partial charge in [0, 0.05) is 31.2 Å². The van der Waals surface area contributed by atoms with Crippen molar-refractivity contribution < 1.29 is 14.4 Å². The molecule has 0 radical (unpaired) electrons. The number of carbonyl (C=O) groups excluding carboxylic acids is 3. The van der Waals surface area contributed by atoms with Crippen LogP contribution in [0.3, 0.4) is 0 Å². The predicted octanol–water partition coefficient (Wildman–Crippen LogP) is 0.465. The first-order valence-corrected chi connectivity index (χ1v) is 6.99. The second-order valence-corrected chi connectivity index (χ2v) is 5.45. The van der Waals surface area contributed by atoms with E-state index in [2.05, 4.69) is 15.4 Å². The highest BCUT2D eigenvalue weighted by Crippen LogP contribution is 2.28. The number of imide groups is 1. The summed E-state index contributed by atoms with van der Waals surface area (Å²) in [6, 6.07) is 4.33. The number of Topliss-reactive ketones (excluding diaryl/α,β-unsaturated/α-hetero) is 1. The molecule has 1 saturated heterocycles. The van der Waals surface area contributed by atoms with Crippen LogP contribution in [0.4, 0.5) is 4.79 Å². The molecule has 3 amide bonds. The van der Waals surface area contributed by atoms with Gasteiger partial charge in [-0.2, -0.15) is 5.10 Å². The van der Waals surface area contributed by atoms with Crippen LogP contribution >= 0.6 is 0 Å². The minimum atomic E-state index is -1.22. The Bertz CT molecular complexity index is 785. The van der Waals surface area contributed by atoms with Gasteiger partial charge in [0.05, 0.1) is 6.54 Å². The number of aromatic nitrogens is 3. The van der Waals surface area contributed by atoms with Gasteiger partial charge in [0.2, 0.25) is 5.78 Å². The van der Waals surface area contributed by atoms with E-state index in [9.17, 15) is 14.4 Å². The zero-order chi connectivity index (χ0) is 16.6. The van der Waals surface area contributed by atoms with Gasteiger partial charge in [-0.15, -0.1) is 0 Å². The summed E-state index contributed by atoms with van der Waals surface area (Å²) < 4.78 is 1.40. The normalized spacial score (nSPS) is 20.7. The molecule has 1 unspecified atom stereocenters. The quantitative estimate of drug-likeness (QED) is 0.653. The smallest absolute Gasteiger partial charge is 0.319 e. The number of amides is 3. The zero-order valence-electron chi connectivity index (χ0n) is 12.7. The summed E-state index contributed by atoms with van der Waals surface area (Å²) in [6.45, 7) is 1.26. The molecule has 8 nitrogen and oxygen atoms in total. The fourth-order valence-corrected chi connectivity index (χ4v) is 2.57. The Balaban J connectivity index is 1.85. The van der Waals surface area contributed by atoms with Crippen LogP contribution in [-0.4, -0.2) is 43.9 Å². The maximum absolute atomic E-state index is 12.7. The highest BCUT2D eigenvalue weighted by molar-refractivity contribution is 6.10. The molecule has 1 fully saturated rings. The summed E-state index contributed by atoms with van der Waals surface area (Å²) in [6.07, 6.45) is 4.58. The van der Waals surface area contributed by atoms with Crippen molar-refractivity contribution in [2.45, 2.75) is 12.5 Å². The topological polar surface area (TPSA) is 97.2 Å². The summed E-state index contributed by atoms with van der Waals surface area (Å²) in [4.78, 5) is 42.0. The lowest BCUT2D eigenvalue weighted by Gasteiger charge is -2.21. The van der Waals surface area contributed by atoms with E-state index in [1.165, 1.54) is 17.1 Å². The number of aryl methyl sites for hydroxylation is 1. The van der Waals surface area contributed by atoms with Crippen molar-refractivity contribution in [2.24, 2.45) is 7.05 Å². The van der Waals surface area contributed by atoms with Gasteiger partial charge in [-0.25, -0.2) is 4.79 Å². The van der Waals surface area contributed by atoms with Crippen molar-refractivity contribution in [1.82, 2.24) is 25.0 Å². The lowest BCUT2D eigenvalue weighted by molar-refractivity contribution is -0.130. The molecule has 23 heavy (non-hydrogen) atoms. The van der Waals surface area contributed by atoms with E-state index in [-0.39, 0.29) is 12.3 Å². The number of ketones is 1. The second-order valence-electron chi connectivity index (χ2n) is 5.45. The number of rotatable bonds is 4. The molecule has 0 bridgehead atoms. The Morgan fingerprint density at radius 1 is 1.30 bits per heavy atom. The van der Waals surface area contributed by atoms with Gasteiger partial charge >= 0.3 is 6.03 Å². The average Bonchev–Trinajstić information content (AvgIpc) is 3.06. The van der Waals surface area contributed by atoms with Crippen LogP contribution in [0.2, 0.25) is 0 Å². The van der Waals surface area contributed by atoms with Crippen LogP contribution in [-0.2, 0) is 17.4 Å². The van der Waals surface area contributed by atoms with Gasteiger partial charge < -0.3 is 5.32 Å². The van der Waals surface area contributed by atoms with E-state index in [1.54, 1.807) is 38.4 Å². The highest BCUT2D eigenvalue weighted by atomic mass is 16.2. The summed E-state index contributed by atoms with van der Waals surface area (Å²) >= 11 is 0.